The molecule has 0 bridgehead atoms. The van der Waals surface area contributed by atoms with Crippen molar-refractivity contribution in [2.24, 2.45) is 0 Å². The van der Waals surface area contributed by atoms with Gasteiger partial charge >= 0.3 is 0 Å². The van der Waals surface area contributed by atoms with Crippen LogP contribution < -0.4 is 4.72 Å². The lowest BCUT2D eigenvalue weighted by Gasteiger charge is -2.14. The minimum Gasteiger partial charge on any atom is -0.390 e. The van der Waals surface area contributed by atoms with Gasteiger partial charge in [0.15, 0.2) is 0 Å². The molecule has 0 amide bonds. The van der Waals surface area contributed by atoms with Crippen LogP contribution in [-0.4, -0.2) is 32.6 Å². The summed E-state index contributed by atoms with van der Waals surface area (Å²) in [6.45, 7) is -2.92. The van der Waals surface area contributed by atoms with Gasteiger partial charge in [0.05, 0.1) is 11.4 Å². The molecule has 0 unspecified atom stereocenters. The smallest absolute Gasteiger partial charge is 0.283 e. The summed E-state index contributed by atoms with van der Waals surface area (Å²) in [7, 11) is -4.47. The molecule has 0 saturated heterocycles. The van der Waals surface area contributed by atoms with Crippen LogP contribution >= 0.6 is 0 Å². The van der Waals surface area contributed by atoms with E-state index in [9.17, 15) is 26.0 Å². The maximum atomic E-state index is 12.8. The quantitative estimate of drug-likeness (QED) is 0.790. The van der Waals surface area contributed by atoms with Crippen molar-refractivity contribution < 1.29 is 31.1 Å². The second kappa shape index (κ2) is 5.21. The molecule has 1 aromatic carbocycles. The number of aliphatic hydroxyl groups excluding tert-OH is 1. The molecule has 0 saturated carbocycles. The zero-order valence-corrected chi connectivity index (χ0v) is 9.65. The first-order valence-corrected chi connectivity index (χ1v) is 6.09. The Labute approximate surface area is 100 Å². The zero-order chi connectivity index (χ0) is 14.0. The molecule has 0 aliphatic carbocycles. The molecule has 0 atom stereocenters. The number of sulfonamides is 1. The van der Waals surface area contributed by atoms with E-state index in [-0.39, 0.29) is 0 Å². The highest BCUT2D eigenvalue weighted by atomic mass is 32.2. The van der Waals surface area contributed by atoms with Gasteiger partial charge in [-0.15, -0.1) is 0 Å². The van der Waals surface area contributed by atoms with Gasteiger partial charge in [0.1, 0.15) is 18.2 Å². The van der Waals surface area contributed by atoms with Crippen LogP contribution in [0.2, 0.25) is 0 Å². The Kier molecular flexibility index (Phi) is 4.30. The summed E-state index contributed by atoms with van der Waals surface area (Å²) in [6.07, 6.45) is 0. The van der Waals surface area contributed by atoms with E-state index >= 15 is 0 Å². The summed E-state index contributed by atoms with van der Waals surface area (Å²) >= 11 is 0. The van der Waals surface area contributed by atoms with E-state index in [0.29, 0.717) is 18.2 Å². The topological polar surface area (TPSA) is 66.4 Å². The Hall–Kier alpha value is -1.19. The second-order valence-electron chi connectivity index (χ2n) is 3.44. The summed E-state index contributed by atoms with van der Waals surface area (Å²) in [5, 5.41) is 8.24. The average molecular weight is 287 g/mol. The van der Waals surface area contributed by atoms with Crippen LogP contribution in [0.3, 0.4) is 0 Å². The van der Waals surface area contributed by atoms with Crippen LogP contribution in [0.15, 0.2) is 23.1 Å². The Morgan fingerprint density at radius 3 is 2.11 bits per heavy atom. The molecule has 1 rings (SSSR count). The van der Waals surface area contributed by atoms with Gasteiger partial charge in [-0.25, -0.2) is 30.7 Å². The molecule has 1 aromatic rings. The van der Waals surface area contributed by atoms with E-state index < -0.39 is 45.6 Å². The monoisotopic (exact) mass is 287 g/mol. The van der Waals surface area contributed by atoms with Crippen molar-refractivity contribution in [3.8, 4) is 0 Å². The maximum Gasteiger partial charge on any atom is 0.283 e. The van der Waals surface area contributed by atoms with Crippen molar-refractivity contribution in [2.45, 2.75) is 10.8 Å². The fourth-order valence-corrected chi connectivity index (χ4v) is 2.13. The number of hydrogen-bond donors (Lipinski definition) is 2. The number of benzene rings is 1. The summed E-state index contributed by atoms with van der Waals surface area (Å²) in [4.78, 5) is -0.811. The summed E-state index contributed by atoms with van der Waals surface area (Å²) < 4.78 is 75.2. The van der Waals surface area contributed by atoms with Gasteiger partial charge in [0, 0.05) is 6.07 Å². The molecule has 2 N–H and O–H groups in total. The van der Waals surface area contributed by atoms with E-state index in [1.54, 1.807) is 0 Å². The first-order valence-electron chi connectivity index (χ1n) is 4.61. The van der Waals surface area contributed by atoms with Gasteiger partial charge in [-0.05, 0) is 12.1 Å². The molecular formula is C9H9F4NO3S. The van der Waals surface area contributed by atoms with Crippen LogP contribution in [0.1, 0.15) is 0 Å². The number of aliphatic hydroxyl groups is 1. The Bertz CT molecular complexity index is 512. The number of nitrogens with one attached hydrogen (secondary N) is 1. The molecule has 0 aliphatic rings. The van der Waals surface area contributed by atoms with Crippen LogP contribution in [0, 0.1) is 11.6 Å². The van der Waals surface area contributed by atoms with Crippen molar-refractivity contribution in [2.75, 3.05) is 13.2 Å². The van der Waals surface area contributed by atoms with Gasteiger partial charge in [0.25, 0.3) is 5.92 Å². The van der Waals surface area contributed by atoms with Crippen molar-refractivity contribution in [1.82, 2.24) is 4.72 Å². The second-order valence-corrected chi connectivity index (χ2v) is 5.21. The van der Waals surface area contributed by atoms with Crippen molar-refractivity contribution in [3.63, 3.8) is 0 Å². The summed E-state index contributed by atoms with van der Waals surface area (Å²) in [5.41, 5.74) is 0. The molecule has 0 heterocycles. The lowest BCUT2D eigenvalue weighted by atomic mass is 10.3. The third-order valence-corrected chi connectivity index (χ3v) is 3.28. The third-order valence-electron chi connectivity index (χ3n) is 1.90. The van der Waals surface area contributed by atoms with Gasteiger partial charge in [-0.2, -0.15) is 0 Å². The highest BCUT2D eigenvalue weighted by molar-refractivity contribution is 7.89. The lowest BCUT2D eigenvalue weighted by molar-refractivity contribution is -0.0437. The molecule has 0 radical (unpaired) electrons. The van der Waals surface area contributed by atoms with Gasteiger partial charge < -0.3 is 5.11 Å². The molecule has 0 aromatic heterocycles. The standard InChI is InChI=1S/C9H9F4NO3S/c10-6-1-7(11)3-8(2-6)18(16,17)14-4-9(12,13)5-15/h1-3,14-15H,4-5H2. The SMILES string of the molecule is O=S(=O)(NCC(F)(F)CO)c1cc(F)cc(F)c1. The number of halogens is 4. The Morgan fingerprint density at radius 2 is 1.67 bits per heavy atom. The van der Waals surface area contributed by atoms with Crippen LogP contribution in [0.25, 0.3) is 0 Å². The molecule has 9 heteroatoms. The average Bonchev–Trinajstić information content (AvgIpc) is 2.25. The van der Waals surface area contributed by atoms with E-state index in [0.717, 1.165) is 0 Å². The minimum absolute atomic E-state index is 0.446. The predicted molar refractivity (Wildman–Crippen MR) is 53.6 cm³/mol. The molecular weight excluding hydrogens is 278 g/mol. The number of alkyl halides is 2. The number of hydrogen-bond acceptors (Lipinski definition) is 3. The summed E-state index contributed by atoms with van der Waals surface area (Å²) in [5.74, 6) is -5.95. The molecule has 0 aliphatic heterocycles. The fraction of sp³-hybridized carbons (Fsp3) is 0.333. The first kappa shape index (κ1) is 14.9. The lowest BCUT2D eigenvalue weighted by Crippen LogP contribution is -2.39. The van der Waals surface area contributed by atoms with Crippen LogP contribution in [0.4, 0.5) is 17.6 Å². The highest BCUT2D eigenvalue weighted by Gasteiger charge is 2.30. The van der Waals surface area contributed by atoms with Crippen molar-refractivity contribution >= 4 is 10.0 Å². The highest BCUT2D eigenvalue weighted by Crippen LogP contribution is 2.15. The van der Waals surface area contributed by atoms with E-state index in [1.165, 1.54) is 4.72 Å². The van der Waals surface area contributed by atoms with Crippen molar-refractivity contribution in [3.05, 3.63) is 29.8 Å². The Morgan fingerprint density at radius 1 is 1.17 bits per heavy atom. The Balaban J connectivity index is 2.93. The molecule has 102 valence electrons. The molecule has 0 fully saturated rings. The number of rotatable bonds is 5. The zero-order valence-electron chi connectivity index (χ0n) is 8.83. The largest absolute Gasteiger partial charge is 0.390 e. The first-order chi connectivity index (χ1) is 8.16. The van der Waals surface area contributed by atoms with Gasteiger partial charge in [-0.3, -0.25) is 0 Å². The molecule has 0 spiro atoms. The van der Waals surface area contributed by atoms with E-state index in [2.05, 4.69) is 0 Å². The maximum absolute atomic E-state index is 12.8. The van der Waals surface area contributed by atoms with Gasteiger partial charge in [-0.1, -0.05) is 0 Å². The van der Waals surface area contributed by atoms with E-state index in [1.807, 2.05) is 0 Å². The normalized spacial score (nSPS) is 12.7. The molecule has 4 nitrogen and oxygen atoms in total. The fourth-order valence-electron chi connectivity index (χ4n) is 1.02. The van der Waals surface area contributed by atoms with Crippen LogP contribution in [0.5, 0.6) is 0 Å². The summed E-state index contributed by atoms with van der Waals surface area (Å²) in [6, 6.07) is 1.42. The minimum atomic E-state index is -4.47. The predicted octanol–water partition coefficient (Wildman–Crippen LogP) is 0.871. The third kappa shape index (κ3) is 3.93. The van der Waals surface area contributed by atoms with Crippen LogP contribution in [-0.2, 0) is 10.0 Å². The van der Waals surface area contributed by atoms with Gasteiger partial charge in [0.2, 0.25) is 10.0 Å². The van der Waals surface area contributed by atoms with Crippen molar-refractivity contribution in [1.29, 1.82) is 0 Å². The molecule has 18 heavy (non-hydrogen) atoms. The van der Waals surface area contributed by atoms with E-state index in [4.69, 9.17) is 5.11 Å².